The summed E-state index contributed by atoms with van der Waals surface area (Å²) in [4.78, 5) is 26.0. The van der Waals surface area contributed by atoms with Gasteiger partial charge in [-0.2, -0.15) is 0 Å². The molecule has 3 unspecified atom stereocenters. The van der Waals surface area contributed by atoms with E-state index in [1.807, 2.05) is 12.2 Å². The van der Waals surface area contributed by atoms with E-state index in [-0.39, 0.29) is 30.2 Å². The summed E-state index contributed by atoms with van der Waals surface area (Å²) in [6.45, 7) is 0.477. The van der Waals surface area contributed by atoms with Crippen molar-refractivity contribution in [3.63, 3.8) is 0 Å². The third kappa shape index (κ3) is 2.13. The van der Waals surface area contributed by atoms with Crippen molar-refractivity contribution in [2.45, 2.75) is 43.9 Å². The first kappa shape index (κ1) is 12.6. The molecule has 19 heavy (non-hydrogen) atoms. The van der Waals surface area contributed by atoms with Gasteiger partial charge in [0.2, 0.25) is 0 Å². The minimum absolute atomic E-state index is 0.0313. The second-order valence-corrected chi connectivity index (χ2v) is 5.56. The van der Waals surface area contributed by atoms with E-state index in [1.165, 1.54) is 0 Å². The van der Waals surface area contributed by atoms with Crippen molar-refractivity contribution >= 4 is 11.7 Å². The summed E-state index contributed by atoms with van der Waals surface area (Å²) in [5.41, 5.74) is 7.51. The second-order valence-electron chi connectivity index (χ2n) is 5.56. The summed E-state index contributed by atoms with van der Waals surface area (Å²) in [5, 5.41) is 9.48. The minimum Gasteiger partial charge on any atom is -0.393 e. The Morgan fingerprint density at radius 3 is 2.84 bits per heavy atom. The normalized spacial score (nSPS) is 35.1. The highest BCUT2D eigenvalue weighted by molar-refractivity contribution is 6.04. The van der Waals surface area contributed by atoms with Gasteiger partial charge in [-0.05, 0) is 24.8 Å². The quantitative estimate of drug-likeness (QED) is 0.691. The van der Waals surface area contributed by atoms with Crippen LogP contribution in [0.3, 0.4) is 0 Å². The van der Waals surface area contributed by atoms with E-state index in [4.69, 9.17) is 5.73 Å². The zero-order chi connectivity index (χ0) is 13.6. The van der Waals surface area contributed by atoms with E-state index < -0.39 is 6.10 Å². The molecule has 2 aliphatic carbocycles. The predicted molar refractivity (Wildman–Crippen MR) is 69.1 cm³/mol. The summed E-state index contributed by atoms with van der Waals surface area (Å²) >= 11 is 0. The molecule has 3 atom stereocenters. The fourth-order valence-corrected chi connectivity index (χ4v) is 3.14. The number of nitrogens with two attached hydrogens (primary N) is 1. The van der Waals surface area contributed by atoms with E-state index in [2.05, 4.69) is 0 Å². The van der Waals surface area contributed by atoms with Gasteiger partial charge in [-0.1, -0.05) is 12.2 Å². The Kier molecular flexibility index (Phi) is 3.03. The maximum absolute atomic E-state index is 12.3. The van der Waals surface area contributed by atoms with E-state index in [0.717, 1.165) is 5.57 Å². The minimum atomic E-state index is -0.546. The highest BCUT2D eigenvalue weighted by atomic mass is 16.3. The van der Waals surface area contributed by atoms with Crippen LogP contribution in [0.1, 0.15) is 25.7 Å². The Bertz CT molecular complexity index is 495. The van der Waals surface area contributed by atoms with Gasteiger partial charge in [-0.25, -0.2) is 0 Å². The number of aliphatic hydroxyl groups is 1. The topological polar surface area (TPSA) is 83.6 Å². The largest absolute Gasteiger partial charge is 0.393 e. The highest BCUT2D eigenvalue weighted by Crippen LogP contribution is 2.32. The average molecular weight is 262 g/mol. The first-order valence-corrected chi connectivity index (χ1v) is 6.75. The lowest BCUT2D eigenvalue weighted by atomic mass is 9.91. The fraction of sp³-hybridized carbons (Fsp3) is 0.571. The van der Waals surface area contributed by atoms with Crippen LogP contribution in [0.5, 0.6) is 0 Å². The fourth-order valence-electron chi connectivity index (χ4n) is 3.14. The Hall–Kier alpha value is -1.46. The van der Waals surface area contributed by atoms with Crippen LogP contribution in [0.25, 0.3) is 0 Å². The van der Waals surface area contributed by atoms with Gasteiger partial charge in [0.05, 0.1) is 12.1 Å². The summed E-state index contributed by atoms with van der Waals surface area (Å²) in [7, 11) is 0. The zero-order valence-corrected chi connectivity index (χ0v) is 10.7. The van der Waals surface area contributed by atoms with Crippen LogP contribution < -0.4 is 5.73 Å². The van der Waals surface area contributed by atoms with E-state index >= 15 is 0 Å². The van der Waals surface area contributed by atoms with Gasteiger partial charge in [-0.15, -0.1) is 0 Å². The number of nitrogens with zero attached hydrogens (tertiary/aromatic N) is 1. The molecule has 0 bridgehead atoms. The lowest BCUT2D eigenvalue weighted by Crippen LogP contribution is -2.46. The molecule has 3 aliphatic rings. The summed E-state index contributed by atoms with van der Waals surface area (Å²) in [5.74, 6) is -0.0934. The Labute approximate surface area is 111 Å². The molecule has 2 fully saturated rings. The van der Waals surface area contributed by atoms with Gasteiger partial charge in [0, 0.05) is 24.6 Å². The molecule has 5 nitrogen and oxygen atoms in total. The van der Waals surface area contributed by atoms with E-state index in [1.54, 1.807) is 4.90 Å². The number of likely N-dealkylation sites (tertiary alicyclic amines) is 1. The number of hydrogen-bond donors (Lipinski definition) is 2. The maximum atomic E-state index is 12.3. The van der Waals surface area contributed by atoms with E-state index in [9.17, 15) is 14.7 Å². The number of Topliss-reactive ketones (excluding diaryl/α,β-unsaturated/α-hetero) is 1. The SMILES string of the molecule is NC1C=C2CN(C3CCC(O)CC3=O)C(=O)C2=CC1. The van der Waals surface area contributed by atoms with Gasteiger partial charge in [-0.3, -0.25) is 9.59 Å². The molecule has 102 valence electrons. The molecular weight excluding hydrogens is 244 g/mol. The maximum Gasteiger partial charge on any atom is 0.254 e. The molecule has 3 N–H and O–H groups in total. The molecule has 1 amide bonds. The molecule has 0 aromatic heterocycles. The smallest absolute Gasteiger partial charge is 0.254 e. The predicted octanol–water partition coefficient (Wildman–Crippen LogP) is -0.105. The molecule has 0 spiro atoms. The first-order valence-electron chi connectivity index (χ1n) is 6.75. The van der Waals surface area contributed by atoms with Crippen LogP contribution in [0, 0.1) is 0 Å². The standard InChI is InChI=1S/C14H18N2O3/c15-9-1-3-11-8(5-9)7-16(14(11)19)12-4-2-10(17)6-13(12)18/h3,5,9-10,12,17H,1-2,4,6-7,15H2. The van der Waals surface area contributed by atoms with Gasteiger partial charge in [0.1, 0.15) is 0 Å². The second kappa shape index (κ2) is 4.58. The molecule has 3 rings (SSSR count). The zero-order valence-electron chi connectivity index (χ0n) is 10.7. The van der Waals surface area contributed by atoms with Gasteiger partial charge >= 0.3 is 0 Å². The lowest BCUT2D eigenvalue weighted by Gasteiger charge is -2.31. The molecule has 1 heterocycles. The molecule has 5 heteroatoms. The molecule has 1 saturated carbocycles. The molecule has 0 aromatic rings. The van der Waals surface area contributed by atoms with Crippen molar-refractivity contribution in [2.75, 3.05) is 6.54 Å². The molecule has 1 aliphatic heterocycles. The number of rotatable bonds is 1. The van der Waals surface area contributed by atoms with Crippen molar-refractivity contribution in [3.05, 3.63) is 23.3 Å². The number of fused-ring (bicyclic) bond motifs is 1. The molecular formula is C14H18N2O3. The van der Waals surface area contributed by atoms with Crippen LogP contribution in [0.4, 0.5) is 0 Å². The number of carbonyl (C=O) groups excluding carboxylic acids is 2. The average Bonchev–Trinajstić information content (AvgIpc) is 2.66. The van der Waals surface area contributed by atoms with Crippen LogP contribution in [-0.4, -0.2) is 46.4 Å². The monoisotopic (exact) mass is 262 g/mol. The Morgan fingerprint density at radius 2 is 2.11 bits per heavy atom. The van der Waals surface area contributed by atoms with Crippen LogP contribution in [-0.2, 0) is 9.59 Å². The van der Waals surface area contributed by atoms with Crippen molar-refractivity contribution in [3.8, 4) is 0 Å². The molecule has 1 saturated heterocycles. The van der Waals surface area contributed by atoms with Gasteiger partial charge < -0.3 is 15.7 Å². The third-order valence-corrected chi connectivity index (χ3v) is 4.15. The third-order valence-electron chi connectivity index (χ3n) is 4.15. The van der Waals surface area contributed by atoms with Crippen LogP contribution in [0.2, 0.25) is 0 Å². The summed E-state index contributed by atoms with van der Waals surface area (Å²) in [6, 6.07) is -0.407. The van der Waals surface area contributed by atoms with Crippen molar-refractivity contribution in [1.82, 2.24) is 4.90 Å². The lowest BCUT2D eigenvalue weighted by molar-refractivity contribution is -0.138. The molecule has 0 radical (unpaired) electrons. The first-order chi connectivity index (χ1) is 9.06. The van der Waals surface area contributed by atoms with E-state index in [0.29, 0.717) is 31.4 Å². The number of carbonyl (C=O) groups is 2. The van der Waals surface area contributed by atoms with Crippen LogP contribution in [0.15, 0.2) is 23.3 Å². The van der Waals surface area contributed by atoms with Gasteiger partial charge in [0.25, 0.3) is 5.91 Å². The van der Waals surface area contributed by atoms with Crippen LogP contribution >= 0.6 is 0 Å². The highest BCUT2D eigenvalue weighted by Gasteiger charge is 2.41. The number of hydrogen-bond acceptors (Lipinski definition) is 4. The number of ketones is 1. The Balaban J connectivity index is 1.82. The summed E-state index contributed by atoms with van der Waals surface area (Å²) < 4.78 is 0. The number of amides is 1. The van der Waals surface area contributed by atoms with Gasteiger partial charge in [0.15, 0.2) is 5.78 Å². The van der Waals surface area contributed by atoms with Crippen molar-refractivity contribution in [1.29, 1.82) is 0 Å². The molecule has 0 aromatic carbocycles. The summed E-state index contributed by atoms with van der Waals surface area (Å²) in [6.07, 6.45) is 5.23. The van der Waals surface area contributed by atoms with Crippen molar-refractivity contribution < 1.29 is 14.7 Å². The van der Waals surface area contributed by atoms with Crippen molar-refractivity contribution in [2.24, 2.45) is 5.73 Å². The Morgan fingerprint density at radius 1 is 1.32 bits per heavy atom. The number of aliphatic hydroxyl groups excluding tert-OH is 1.